The van der Waals surface area contributed by atoms with Crippen LogP contribution in [-0.4, -0.2) is 13.1 Å². The van der Waals surface area contributed by atoms with Crippen LogP contribution in [0.25, 0.3) is 0 Å². The molecule has 0 spiro atoms. The number of rotatable bonds is 6. The molecule has 0 bridgehead atoms. The molecule has 1 aromatic carbocycles. The molecule has 0 aromatic heterocycles. The van der Waals surface area contributed by atoms with Gasteiger partial charge in [-0.15, -0.1) is 0 Å². The minimum atomic E-state index is -0.214. The van der Waals surface area contributed by atoms with Crippen molar-refractivity contribution in [2.45, 2.75) is 19.4 Å². The highest BCUT2D eigenvalue weighted by Gasteiger charge is 2.00. The lowest BCUT2D eigenvalue weighted by atomic mass is 10.2. The normalized spacial score (nSPS) is 10.6. The Morgan fingerprint density at radius 1 is 1.33 bits per heavy atom. The molecule has 2 nitrogen and oxygen atoms in total. The second-order valence-corrected chi connectivity index (χ2v) is 4.26. The lowest BCUT2D eigenvalue weighted by Gasteiger charge is -2.06. The minimum absolute atomic E-state index is 0.214. The molecular weight excluding hydrogens is 259 g/mol. The molecule has 1 aromatic rings. The van der Waals surface area contributed by atoms with Crippen LogP contribution in [0, 0.1) is 5.82 Å². The standard InChI is InChI=1S/C11H16BrFN2/c12-11-7-10(13)4-3-9(11)8-15-6-2-1-5-14/h3-4,7,15H,1-2,5-6,8,14H2. The van der Waals surface area contributed by atoms with E-state index in [1.165, 1.54) is 12.1 Å². The molecule has 0 aliphatic carbocycles. The zero-order chi connectivity index (χ0) is 11.1. The van der Waals surface area contributed by atoms with E-state index >= 15 is 0 Å². The Balaban J connectivity index is 2.31. The van der Waals surface area contributed by atoms with Crippen LogP contribution >= 0.6 is 15.9 Å². The van der Waals surface area contributed by atoms with E-state index < -0.39 is 0 Å². The summed E-state index contributed by atoms with van der Waals surface area (Å²) < 4.78 is 13.6. The van der Waals surface area contributed by atoms with E-state index in [9.17, 15) is 4.39 Å². The third-order valence-corrected chi connectivity index (χ3v) is 2.88. The van der Waals surface area contributed by atoms with Gasteiger partial charge in [-0.1, -0.05) is 22.0 Å². The second kappa shape index (κ2) is 6.93. The van der Waals surface area contributed by atoms with Crippen molar-refractivity contribution in [2.75, 3.05) is 13.1 Å². The molecule has 1 rings (SSSR count). The van der Waals surface area contributed by atoms with E-state index in [0.29, 0.717) is 0 Å². The van der Waals surface area contributed by atoms with Crippen molar-refractivity contribution in [3.8, 4) is 0 Å². The SMILES string of the molecule is NCCCCNCc1ccc(F)cc1Br. The van der Waals surface area contributed by atoms with Crippen LogP contribution in [0.4, 0.5) is 4.39 Å². The van der Waals surface area contributed by atoms with Crippen molar-refractivity contribution in [1.82, 2.24) is 5.32 Å². The monoisotopic (exact) mass is 274 g/mol. The molecule has 3 N–H and O–H groups in total. The quantitative estimate of drug-likeness (QED) is 0.782. The Morgan fingerprint density at radius 2 is 2.13 bits per heavy atom. The molecular formula is C11H16BrFN2. The third-order valence-electron chi connectivity index (χ3n) is 2.14. The Hall–Kier alpha value is -0.450. The molecule has 0 saturated carbocycles. The maximum absolute atomic E-state index is 12.8. The summed E-state index contributed by atoms with van der Waals surface area (Å²) in [7, 11) is 0. The molecule has 0 saturated heterocycles. The van der Waals surface area contributed by atoms with Gasteiger partial charge in [0, 0.05) is 11.0 Å². The molecule has 0 unspecified atom stereocenters. The zero-order valence-electron chi connectivity index (χ0n) is 8.60. The minimum Gasteiger partial charge on any atom is -0.330 e. The zero-order valence-corrected chi connectivity index (χ0v) is 10.2. The van der Waals surface area contributed by atoms with Crippen molar-refractivity contribution in [2.24, 2.45) is 5.73 Å². The average Bonchev–Trinajstić information content (AvgIpc) is 2.20. The first-order chi connectivity index (χ1) is 7.24. The van der Waals surface area contributed by atoms with Gasteiger partial charge in [0.25, 0.3) is 0 Å². The van der Waals surface area contributed by atoms with E-state index in [2.05, 4.69) is 21.2 Å². The molecule has 0 radical (unpaired) electrons. The Kier molecular flexibility index (Phi) is 5.83. The number of hydrogen-bond acceptors (Lipinski definition) is 2. The largest absolute Gasteiger partial charge is 0.330 e. The van der Waals surface area contributed by atoms with Crippen LogP contribution in [0.1, 0.15) is 18.4 Å². The van der Waals surface area contributed by atoms with Gasteiger partial charge in [0.15, 0.2) is 0 Å². The van der Waals surface area contributed by atoms with Crippen molar-refractivity contribution >= 4 is 15.9 Å². The van der Waals surface area contributed by atoms with Crippen LogP contribution in [0.3, 0.4) is 0 Å². The van der Waals surface area contributed by atoms with Gasteiger partial charge in [0.1, 0.15) is 5.82 Å². The highest BCUT2D eigenvalue weighted by molar-refractivity contribution is 9.10. The van der Waals surface area contributed by atoms with Gasteiger partial charge in [-0.25, -0.2) is 4.39 Å². The number of nitrogens with two attached hydrogens (primary N) is 1. The maximum atomic E-state index is 12.8. The second-order valence-electron chi connectivity index (χ2n) is 3.41. The molecule has 15 heavy (non-hydrogen) atoms. The van der Waals surface area contributed by atoms with Gasteiger partial charge < -0.3 is 11.1 Å². The van der Waals surface area contributed by atoms with Gasteiger partial charge in [0.2, 0.25) is 0 Å². The van der Waals surface area contributed by atoms with Crippen LogP contribution in [0.15, 0.2) is 22.7 Å². The molecule has 4 heteroatoms. The Labute approximate surface area is 98.2 Å². The Bertz CT molecular complexity index is 305. The van der Waals surface area contributed by atoms with Gasteiger partial charge in [-0.3, -0.25) is 0 Å². The topological polar surface area (TPSA) is 38.0 Å². The van der Waals surface area contributed by atoms with Gasteiger partial charge >= 0.3 is 0 Å². The highest BCUT2D eigenvalue weighted by atomic mass is 79.9. The lowest BCUT2D eigenvalue weighted by Crippen LogP contribution is -2.16. The summed E-state index contributed by atoms with van der Waals surface area (Å²) in [6, 6.07) is 4.74. The summed E-state index contributed by atoms with van der Waals surface area (Å²) in [4.78, 5) is 0. The number of halogens is 2. The van der Waals surface area contributed by atoms with E-state index in [4.69, 9.17) is 5.73 Å². The van der Waals surface area contributed by atoms with Gasteiger partial charge in [-0.2, -0.15) is 0 Å². The summed E-state index contributed by atoms with van der Waals surface area (Å²) in [5.74, 6) is -0.214. The van der Waals surface area contributed by atoms with Crippen molar-refractivity contribution in [3.63, 3.8) is 0 Å². The average molecular weight is 275 g/mol. The molecule has 0 heterocycles. The van der Waals surface area contributed by atoms with E-state index in [-0.39, 0.29) is 5.82 Å². The van der Waals surface area contributed by atoms with Crippen molar-refractivity contribution in [1.29, 1.82) is 0 Å². The summed E-state index contributed by atoms with van der Waals surface area (Å²) in [5, 5.41) is 3.29. The van der Waals surface area contributed by atoms with Crippen LogP contribution in [-0.2, 0) is 6.54 Å². The van der Waals surface area contributed by atoms with Crippen molar-refractivity contribution in [3.05, 3.63) is 34.1 Å². The van der Waals surface area contributed by atoms with E-state index in [1.807, 2.05) is 0 Å². The maximum Gasteiger partial charge on any atom is 0.124 e. The van der Waals surface area contributed by atoms with Crippen LogP contribution < -0.4 is 11.1 Å². The first-order valence-electron chi connectivity index (χ1n) is 5.08. The van der Waals surface area contributed by atoms with Crippen LogP contribution in [0.2, 0.25) is 0 Å². The molecule has 0 fully saturated rings. The van der Waals surface area contributed by atoms with E-state index in [1.54, 1.807) is 6.07 Å². The summed E-state index contributed by atoms with van der Waals surface area (Å²) >= 11 is 3.33. The molecule has 0 aliphatic heterocycles. The third kappa shape index (κ3) is 4.73. The smallest absolute Gasteiger partial charge is 0.124 e. The van der Waals surface area contributed by atoms with E-state index in [0.717, 1.165) is 42.5 Å². The first-order valence-corrected chi connectivity index (χ1v) is 5.88. The number of nitrogens with one attached hydrogen (secondary N) is 1. The Morgan fingerprint density at radius 3 is 2.80 bits per heavy atom. The first kappa shape index (κ1) is 12.6. The lowest BCUT2D eigenvalue weighted by molar-refractivity contribution is 0.615. The fraction of sp³-hybridized carbons (Fsp3) is 0.455. The van der Waals surface area contributed by atoms with Crippen molar-refractivity contribution < 1.29 is 4.39 Å². The predicted molar refractivity (Wildman–Crippen MR) is 64.1 cm³/mol. The highest BCUT2D eigenvalue weighted by Crippen LogP contribution is 2.17. The molecule has 0 aliphatic rings. The predicted octanol–water partition coefficient (Wildman–Crippen LogP) is 2.42. The summed E-state index contributed by atoms with van der Waals surface area (Å²) in [5.41, 5.74) is 6.46. The van der Waals surface area contributed by atoms with Gasteiger partial charge in [-0.05, 0) is 43.6 Å². The molecule has 84 valence electrons. The molecule has 0 amide bonds. The molecule has 0 atom stereocenters. The number of hydrogen-bond donors (Lipinski definition) is 2. The summed E-state index contributed by atoms with van der Waals surface area (Å²) in [6.45, 7) is 2.44. The summed E-state index contributed by atoms with van der Waals surface area (Å²) in [6.07, 6.45) is 2.12. The van der Waals surface area contributed by atoms with Gasteiger partial charge in [0.05, 0.1) is 0 Å². The fourth-order valence-electron chi connectivity index (χ4n) is 1.28. The fourth-order valence-corrected chi connectivity index (χ4v) is 1.77. The van der Waals surface area contributed by atoms with Crippen LogP contribution in [0.5, 0.6) is 0 Å². The number of unbranched alkanes of at least 4 members (excludes halogenated alkanes) is 1. The number of benzene rings is 1.